The van der Waals surface area contributed by atoms with Gasteiger partial charge in [-0.2, -0.15) is 0 Å². The summed E-state index contributed by atoms with van der Waals surface area (Å²) in [6.45, 7) is 0.270. The van der Waals surface area contributed by atoms with E-state index in [0.29, 0.717) is 11.3 Å². The van der Waals surface area contributed by atoms with E-state index in [2.05, 4.69) is 10.3 Å². The van der Waals surface area contributed by atoms with E-state index >= 15 is 0 Å². The number of aromatic nitrogens is 1. The lowest BCUT2D eigenvalue weighted by molar-refractivity contribution is -0.123. The number of sulfone groups is 1. The summed E-state index contributed by atoms with van der Waals surface area (Å²) >= 11 is 0. The maximum atomic E-state index is 11.9. The molecule has 11 heteroatoms. The van der Waals surface area contributed by atoms with Gasteiger partial charge >= 0.3 is 0 Å². The first-order valence-electron chi connectivity index (χ1n) is 7.75. The molecule has 0 fully saturated rings. The van der Waals surface area contributed by atoms with Gasteiger partial charge in [-0.3, -0.25) is 4.79 Å². The van der Waals surface area contributed by atoms with Crippen molar-refractivity contribution in [2.75, 3.05) is 20.0 Å². The van der Waals surface area contributed by atoms with Gasteiger partial charge in [0.15, 0.2) is 9.84 Å². The molecule has 1 atom stereocenters. The Morgan fingerprint density at radius 3 is 2.61 bits per heavy atom. The summed E-state index contributed by atoms with van der Waals surface area (Å²) in [5.74, 6) is 0.231. The number of carbonyl (C=O) groups excluding carboxylic acids is 1. The Morgan fingerprint density at radius 1 is 1.25 bits per heavy atom. The number of hydrogen-bond acceptors (Lipinski definition) is 7. The maximum Gasteiger partial charge on any atom is 0.239 e. The number of nitrogens with two attached hydrogens (primary N) is 1. The molecule has 0 aliphatic heterocycles. The van der Waals surface area contributed by atoms with Crippen LogP contribution >= 0.6 is 24.8 Å². The Labute approximate surface area is 176 Å². The van der Waals surface area contributed by atoms with Crippen molar-refractivity contribution in [3.8, 4) is 11.6 Å². The zero-order chi connectivity index (χ0) is 19.2. The van der Waals surface area contributed by atoms with E-state index in [-0.39, 0.29) is 54.6 Å². The third-order valence-corrected chi connectivity index (χ3v) is 4.54. The highest BCUT2D eigenvalue weighted by Crippen LogP contribution is 2.25. The third kappa shape index (κ3) is 7.61. The van der Waals surface area contributed by atoms with E-state index in [1.165, 1.54) is 25.4 Å². The van der Waals surface area contributed by atoms with E-state index in [1.807, 2.05) is 0 Å². The molecule has 28 heavy (non-hydrogen) atoms. The van der Waals surface area contributed by atoms with Crippen LogP contribution in [0, 0.1) is 0 Å². The summed E-state index contributed by atoms with van der Waals surface area (Å²) in [7, 11) is -1.88. The number of methoxy groups -OCH3 is 1. The number of hydrogen-bond donors (Lipinski definition) is 2. The number of rotatable bonds is 8. The number of carbonyl (C=O) groups is 1. The second-order valence-electron chi connectivity index (χ2n) is 5.60. The average Bonchev–Trinajstić information content (AvgIpc) is 2.60. The smallest absolute Gasteiger partial charge is 0.239 e. The Balaban J connectivity index is 0.00000364. The molecule has 1 amide bonds. The lowest BCUT2D eigenvalue weighted by Crippen LogP contribution is -2.43. The second-order valence-corrected chi connectivity index (χ2v) is 7.61. The Morgan fingerprint density at radius 2 is 1.96 bits per heavy atom. The molecule has 1 aromatic carbocycles. The molecule has 8 nitrogen and oxygen atoms in total. The predicted molar refractivity (Wildman–Crippen MR) is 110 cm³/mol. The maximum absolute atomic E-state index is 11.9. The molecule has 0 saturated carbocycles. The Hall–Kier alpha value is -1.91. The van der Waals surface area contributed by atoms with Gasteiger partial charge in [0.05, 0.1) is 11.5 Å². The van der Waals surface area contributed by atoms with Gasteiger partial charge in [-0.05, 0) is 24.3 Å². The fourth-order valence-electron chi connectivity index (χ4n) is 2.10. The van der Waals surface area contributed by atoms with Crippen molar-refractivity contribution in [3.05, 3.63) is 48.2 Å². The van der Waals surface area contributed by atoms with Gasteiger partial charge in [-0.25, -0.2) is 13.4 Å². The van der Waals surface area contributed by atoms with Gasteiger partial charge in [0, 0.05) is 31.7 Å². The van der Waals surface area contributed by atoms with E-state index < -0.39 is 15.9 Å². The lowest BCUT2D eigenvalue weighted by Gasteiger charge is -2.13. The molecule has 0 aliphatic rings. The highest BCUT2D eigenvalue weighted by Gasteiger charge is 2.15. The van der Waals surface area contributed by atoms with Crippen LogP contribution in [0.3, 0.4) is 0 Å². The van der Waals surface area contributed by atoms with E-state index in [1.54, 1.807) is 24.3 Å². The summed E-state index contributed by atoms with van der Waals surface area (Å²) < 4.78 is 33.9. The summed E-state index contributed by atoms with van der Waals surface area (Å²) in [4.78, 5) is 16.2. The molecule has 1 unspecified atom stereocenters. The van der Waals surface area contributed by atoms with Crippen molar-refractivity contribution in [1.82, 2.24) is 10.3 Å². The van der Waals surface area contributed by atoms with E-state index in [4.69, 9.17) is 15.2 Å². The quantitative estimate of drug-likeness (QED) is 0.626. The normalized spacial score (nSPS) is 11.5. The number of ether oxygens (including phenoxy) is 2. The molecule has 1 heterocycles. The molecule has 2 aromatic rings. The minimum Gasteiger partial charge on any atom is -0.439 e. The van der Waals surface area contributed by atoms with Crippen LogP contribution in [-0.4, -0.2) is 45.3 Å². The van der Waals surface area contributed by atoms with E-state index in [0.717, 1.165) is 6.26 Å². The van der Waals surface area contributed by atoms with Crippen LogP contribution in [0.15, 0.2) is 47.5 Å². The van der Waals surface area contributed by atoms with Crippen molar-refractivity contribution in [3.63, 3.8) is 0 Å². The molecular formula is C17H23Cl2N3O5S. The first-order valence-corrected chi connectivity index (χ1v) is 9.64. The van der Waals surface area contributed by atoms with Crippen LogP contribution in [0.2, 0.25) is 0 Å². The highest BCUT2D eigenvalue weighted by atomic mass is 35.5. The van der Waals surface area contributed by atoms with Crippen LogP contribution in [0.5, 0.6) is 11.6 Å². The monoisotopic (exact) mass is 451 g/mol. The van der Waals surface area contributed by atoms with E-state index in [9.17, 15) is 13.2 Å². The zero-order valence-corrected chi connectivity index (χ0v) is 17.8. The van der Waals surface area contributed by atoms with Crippen molar-refractivity contribution in [2.24, 2.45) is 5.73 Å². The summed E-state index contributed by atoms with van der Waals surface area (Å²) in [6, 6.07) is 8.79. The van der Waals surface area contributed by atoms with Crippen LogP contribution in [0.4, 0.5) is 0 Å². The fraction of sp³-hybridized carbons (Fsp3) is 0.294. The van der Waals surface area contributed by atoms with Crippen LogP contribution < -0.4 is 15.8 Å². The molecule has 3 N–H and O–H groups in total. The summed E-state index contributed by atoms with van der Waals surface area (Å²) in [6.07, 6.45) is 2.66. The van der Waals surface area contributed by atoms with Gasteiger partial charge < -0.3 is 20.5 Å². The lowest BCUT2D eigenvalue weighted by atomic mass is 10.2. The molecule has 0 bridgehead atoms. The number of amides is 1. The molecule has 2 rings (SSSR count). The molecule has 0 aliphatic carbocycles. The van der Waals surface area contributed by atoms with Gasteiger partial charge in [-0.1, -0.05) is 12.1 Å². The molecule has 0 radical (unpaired) electrons. The summed E-state index contributed by atoms with van der Waals surface area (Å²) in [5.41, 5.74) is 6.29. The van der Waals surface area contributed by atoms with Crippen LogP contribution in [0.25, 0.3) is 0 Å². The Bertz CT molecular complexity index is 881. The van der Waals surface area contributed by atoms with Crippen molar-refractivity contribution < 1.29 is 22.7 Å². The summed E-state index contributed by atoms with van der Waals surface area (Å²) in [5, 5.41) is 2.69. The SMILES string of the molecule is COCC(N)C(=O)NCc1cccnc1Oc1cccc(S(C)(=O)=O)c1.Cl.Cl. The minimum absolute atomic E-state index is 0. The molecule has 0 saturated heterocycles. The number of benzene rings is 1. The minimum atomic E-state index is -3.35. The van der Waals surface area contributed by atoms with Crippen LogP contribution in [-0.2, 0) is 25.9 Å². The van der Waals surface area contributed by atoms with Gasteiger partial charge in [0.25, 0.3) is 0 Å². The van der Waals surface area contributed by atoms with Gasteiger partial charge in [0.2, 0.25) is 11.8 Å². The Kier molecular flexibility index (Phi) is 11.0. The molecule has 156 valence electrons. The number of nitrogens with one attached hydrogen (secondary N) is 1. The number of halogens is 2. The topological polar surface area (TPSA) is 121 Å². The number of pyridine rings is 1. The standard InChI is InChI=1S/C17H21N3O5S.2ClH/c1-24-11-15(18)16(21)20-10-12-5-4-8-19-17(12)25-13-6-3-7-14(9-13)26(2,22)23;;/h3-9,15H,10-11,18H2,1-2H3,(H,20,21);2*1H. The largest absolute Gasteiger partial charge is 0.439 e. The third-order valence-electron chi connectivity index (χ3n) is 3.43. The molecule has 1 aromatic heterocycles. The molecular weight excluding hydrogens is 429 g/mol. The average molecular weight is 452 g/mol. The predicted octanol–water partition coefficient (Wildman–Crippen LogP) is 1.71. The van der Waals surface area contributed by atoms with Crippen molar-refractivity contribution >= 4 is 40.6 Å². The van der Waals surface area contributed by atoms with Crippen LogP contribution in [0.1, 0.15) is 5.56 Å². The van der Waals surface area contributed by atoms with Crippen molar-refractivity contribution in [2.45, 2.75) is 17.5 Å². The van der Waals surface area contributed by atoms with Gasteiger partial charge in [0.1, 0.15) is 11.8 Å². The second kappa shape index (κ2) is 11.8. The fourth-order valence-corrected chi connectivity index (χ4v) is 2.76. The first-order chi connectivity index (χ1) is 12.3. The molecule has 0 spiro atoms. The number of nitrogens with zero attached hydrogens (tertiary/aromatic N) is 1. The zero-order valence-electron chi connectivity index (χ0n) is 15.3. The highest BCUT2D eigenvalue weighted by molar-refractivity contribution is 7.90. The first kappa shape index (κ1) is 26.1. The van der Waals surface area contributed by atoms with Crippen molar-refractivity contribution in [1.29, 1.82) is 0 Å². The van der Waals surface area contributed by atoms with Gasteiger partial charge in [-0.15, -0.1) is 24.8 Å².